The number of unbranched alkanes of at least 4 members (excludes halogenated alkanes) is 32. The van der Waals surface area contributed by atoms with Crippen LogP contribution in [0.5, 0.6) is 0 Å². The SMILES string of the molecule is COC(=O)CCCCCCCCC(I)CCCCCCOC(=O)CCCCCCCCC(=O)CCCCCCOC(=O)CCCCCCCCC(I)CCCCCCOC(=O)CCCCCCCCC(=O)CCCCCCI. The van der Waals surface area contributed by atoms with E-state index in [1.54, 1.807) is 0 Å². The van der Waals surface area contributed by atoms with E-state index in [9.17, 15) is 28.8 Å². The summed E-state index contributed by atoms with van der Waals surface area (Å²) in [6.45, 7) is 1.58. The molecule has 0 bridgehead atoms. The topological polar surface area (TPSA) is 139 Å². The van der Waals surface area contributed by atoms with E-state index in [1.807, 2.05) is 0 Å². The average Bonchev–Trinajstić information content (AvgIpc) is 3.42. The van der Waals surface area contributed by atoms with Crippen molar-refractivity contribution in [3.8, 4) is 0 Å². The van der Waals surface area contributed by atoms with Crippen molar-refractivity contribution in [1.29, 1.82) is 0 Å². The van der Waals surface area contributed by atoms with Gasteiger partial charge in [0.05, 0.1) is 26.9 Å². The molecular weight excluding hydrogens is 1320 g/mol. The summed E-state index contributed by atoms with van der Waals surface area (Å²) >= 11 is 7.63. The lowest BCUT2D eigenvalue weighted by molar-refractivity contribution is -0.144. The fourth-order valence-electron chi connectivity index (χ4n) is 9.89. The maximum absolute atomic E-state index is 12.3. The zero-order valence-electron chi connectivity index (χ0n) is 50.0. The van der Waals surface area contributed by atoms with Crippen molar-refractivity contribution in [2.75, 3.05) is 31.4 Å². The molecule has 0 aliphatic rings. The number of carbonyl (C=O) groups is 6. The molecular formula is C65H117I3O10. The summed E-state index contributed by atoms with van der Waals surface area (Å²) in [6, 6.07) is 0. The normalized spacial score (nSPS) is 12.1. The predicted molar refractivity (Wildman–Crippen MR) is 349 cm³/mol. The van der Waals surface area contributed by atoms with Crippen LogP contribution in [0.15, 0.2) is 0 Å². The van der Waals surface area contributed by atoms with Gasteiger partial charge in [0.1, 0.15) is 11.6 Å². The quantitative estimate of drug-likeness (QED) is 0.0190. The van der Waals surface area contributed by atoms with Gasteiger partial charge in [0, 0.05) is 59.2 Å². The fourth-order valence-corrected chi connectivity index (χ4v) is 12.2. The van der Waals surface area contributed by atoms with E-state index < -0.39 is 0 Å². The van der Waals surface area contributed by atoms with Gasteiger partial charge in [-0.3, -0.25) is 28.8 Å². The maximum Gasteiger partial charge on any atom is 0.305 e. The molecule has 458 valence electrons. The summed E-state index contributed by atoms with van der Waals surface area (Å²) in [7, 11) is 1.45. The van der Waals surface area contributed by atoms with Crippen LogP contribution in [-0.4, -0.2) is 74.7 Å². The molecule has 0 saturated heterocycles. The molecule has 0 rings (SSSR count). The molecule has 2 unspecified atom stereocenters. The highest BCUT2D eigenvalue weighted by atomic mass is 127. The van der Waals surface area contributed by atoms with Crippen molar-refractivity contribution >= 4 is 103 Å². The van der Waals surface area contributed by atoms with E-state index in [4.69, 9.17) is 18.9 Å². The summed E-state index contributed by atoms with van der Waals surface area (Å²) < 4.78 is 23.8. The zero-order valence-corrected chi connectivity index (χ0v) is 56.4. The van der Waals surface area contributed by atoms with Crippen molar-refractivity contribution in [2.45, 2.75) is 342 Å². The van der Waals surface area contributed by atoms with E-state index in [2.05, 4.69) is 67.8 Å². The average molecular weight is 1440 g/mol. The van der Waals surface area contributed by atoms with Gasteiger partial charge in [-0.1, -0.05) is 248 Å². The van der Waals surface area contributed by atoms with Crippen molar-refractivity contribution < 1.29 is 47.7 Å². The highest BCUT2D eigenvalue weighted by Crippen LogP contribution is 2.22. The molecule has 0 aromatic carbocycles. The van der Waals surface area contributed by atoms with Crippen LogP contribution in [0.1, 0.15) is 334 Å². The number of halogens is 3. The maximum atomic E-state index is 12.3. The smallest absolute Gasteiger partial charge is 0.305 e. The summed E-state index contributed by atoms with van der Waals surface area (Å²) in [5, 5.41) is 0. The Morgan fingerprint density at radius 3 is 0.731 bits per heavy atom. The Morgan fingerprint density at radius 1 is 0.269 bits per heavy atom. The number of carbonyl (C=O) groups excluding carboxylic acids is 6. The minimum atomic E-state index is -0.0987. The van der Waals surface area contributed by atoms with E-state index in [1.165, 1.54) is 134 Å². The van der Waals surface area contributed by atoms with Crippen molar-refractivity contribution in [1.82, 2.24) is 0 Å². The second kappa shape index (κ2) is 62.5. The lowest BCUT2D eigenvalue weighted by Gasteiger charge is -2.10. The summed E-state index contributed by atoms with van der Waals surface area (Å²) in [5.41, 5.74) is 0. The molecule has 0 aliphatic heterocycles. The van der Waals surface area contributed by atoms with Crippen LogP contribution in [0.25, 0.3) is 0 Å². The minimum Gasteiger partial charge on any atom is -0.469 e. The molecule has 0 saturated carbocycles. The fraction of sp³-hybridized carbons (Fsp3) is 0.908. The highest BCUT2D eigenvalue weighted by Gasteiger charge is 2.10. The van der Waals surface area contributed by atoms with Gasteiger partial charge in [-0.15, -0.1) is 0 Å². The first-order chi connectivity index (χ1) is 38.1. The Hall–Kier alpha value is -0.590. The number of ether oxygens (including phenoxy) is 4. The third kappa shape index (κ3) is 61.5. The van der Waals surface area contributed by atoms with Gasteiger partial charge in [0.25, 0.3) is 0 Å². The largest absolute Gasteiger partial charge is 0.469 e. The van der Waals surface area contributed by atoms with Gasteiger partial charge in [-0.2, -0.15) is 0 Å². The number of methoxy groups -OCH3 is 1. The van der Waals surface area contributed by atoms with Gasteiger partial charge in [-0.05, 0) is 107 Å². The van der Waals surface area contributed by atoms with Crippen LogP contribution in [0.2, 0.25) is 0 Å². The molecule has 10 nitrogen and oxygen atoms in total. The molecule has 0 N–H and O–H groups in total. The lowest BCUT2D eigenvalue weighted by Crippen LogP contribution is -2.05. The number of hydrogen-bond donors (Lipinski definition) is 0. The standard InChI is InChI=1S/C65H117I3O10/c1-75-62(71)50-34-14-6-2-10-26-42-58(67)44-28-19-23-39-55-77-64(73)53-37-17-9-5-13-31-47-61(70)49-33-21-25-41-57-78-65(74)51-35-15-7-3-11-27-43-59(68)45-29-20-24-40-56-76-63(72)52-36-16-8-4-12-30-46-60(69)48-32-18-22-38-54-66/h58-59H,2-57H2,1H3. The van der Waals surface area contributed by atoms with E-state index in [0.29, 0.717) is 69.9 Å². The number of Topliss-reactive ketones (excluding diaryl/α,β-unsaturated/α-hetero) is 2. The molecule has 0 aliphatic carbocycles. The second-order valence-electron chi connectivity index (χ2n) is 22.5. The van der Waals surface area contributed by atoms with Crippen molar-refractivity contribution in [3.63, 3.8) is 0 Å². The van der Waals surface area contributed by atoms with Crippen molar-refractivity contribution in [3.05, 3.63) is 0 Å². The number of hydrogen-bond acceptors (Lipinski definition) is 10. The third-order valence-electron chi connectivity index (χ3n) is 15.0. The van der Waals surface area contributed by atoms with E-state index >= 15 is 0 Å². The first-order valence-corrected chi connectivity index (χ1v) is 36.5. The Morgan fingerprint density at radius 2 is 0.474 bits per heavy atom. The third-order valence-corrected chi connectivity index (χ3v) is 18.3. The number of ketones is 2. The lowest BCUT2D eigenvalue weighted by atomic mass is 10.0. The van der Waals surface area contributed by atoms with Crippen LogP contribution < -0.4 is 0 Å². The molecule has 0 heterocycles. The van der Waals surface area contributed by atoms with Crippen LogP contribution in [0, 0.1) is 0 Å². The summed E-state index contributed by atoms with van der Waals surface area (Å²) in [6.07, 6.45) is 54.2. The number of esters is 4. The van der Waals surface area contributed by atoms with E-state index in [-0.39, 0.29) is 23.9 Å². The van der Waals surface area contributed by atoms with Crippen LogP contribution >= 0.6 is 67.8 Å². The van der Waals surface area contributed by atoms with Gasteiger partial charge in [0.15, 0.2) is 0 Å². The Bertz CT molecular complexity index is 1400. The molecule has 2 atom stereocenters. The zero-order chi connectivity index (χ0) is 57.0. The Labute approximate surface area is 519 Å². The summed E-state index contributed by atoms with van der Waals surface area (Å²) in [5.74, 6) is 0.506. The number of alkyl halides is 3. The first-order valence-electron chi connectivity index (χ1n) is 32.5. The van der Waals surface area contributed by atoms with Crippen molar-refractivity contribution in [2.24, 2.45) is 0 Å². The molecule has 0 radical (unpaired) electrons. The second-order valence-corrected chi connectivity index (χ2v) is 27.1. The first kappa shape index (κ1) is 77.4. The summed E-state index contributed by atoms with van der Waals surface area (Å²) in [4.78, 5) is 71.9. The monoisotopic (exact) mass is 1440 g/mol. The Kier molecular flexibility index (Phi) is 62.0. The molecule has 0 fully saturated rings. The minimum absolute atomic E-state index is 0.0518. The molecule has 0 aromatic rings. The number of rotatable bonds is 63. The van der Waals surface area contributed by atoms with Crippen LogP contribution in [0.3, 0.4) is 0 Å². The van der Waals surface area contributed by atoms with Crippen LogP contribution in [0.4, 0.5) is 0 Å². The highest BCUT2D eigenvalue weighted by molar-refractivity contribution is 14.1. The van der Waals surface area contributed by atoms with E-state index in [0.717, 1.165) is 181 Å². The molecule has 0 amide bonds. The molecule has 0 spiro atoms. The predicted octanol–water partition coefficient (Wildman–Crippen LogP) is 20.3. The molecule has 78 heavy (non-hydrogen) atoms. The van der Waals surface area contributed by atoms with Gasteiger partial charge in [-0.25, -0.2) is 0 Å². The molecule has 0 aromatic heterocycles. The van der Waals surface area contributed by atoms with Crippen LogP contribution in [-0.2, 0) is 47.7 Å². The van der Waals surface area contributed by atoms with Gasteiger partial charge < -0.3 is 18.9 Å². The van der Waals surface area contributed by atoms with Gasteiger partial charge >= 0.3 is 23.9 Å². The Balaban J connectivity index is 3.42. The van der Waals surface area contributed by atoms with Gasteiger partial charge in [0.2, 0.25) is 0 Å². The molecule has 13 heteroatoms.